The molecule has 2 aromatic heterocycles. The molecule has 5 rings (SSSR count). The van der Waals surface area contributed by atoms with Crippen molar-refractivity contribution in [2.24, 2.45) is 0 Å². The van der Waals surface area contributed by atoms with Gasteiger partial charge in [0.05, 0.1) is 31.5 Å². The number of carbonyl (C=O) groups is 1. The van der Waals surface area contributed by atoms with Crippen molar-refractivity contribution in [3.8, 4) is 17.0 Å². The number of fused-ring (bicyclic) bond motifs is 2. The van der Waals surface area contributed by atoms with E-state index in [0.29, 0.717) is 0 Å². The Morgan fingerprint density at radius 2 is 1.92 bits per heavy atom. The van der Waals surface area contributed by atoms with Crippen molar-refractivity contribution in [2.45, 2.75) is 38.6 Å². The number of amides is 1. The number of aromatic nitrogens is 3. The van der Waals surface area contributed by atoms with Crippen LogP contribution in [0.2, 0.25) is 0 Å². The number of carbonyl (C=O) groups excluding carboxylic acids is 1. The summed E-state index contributed by atoms with van der Waals surface area (Å²) in [6, 6.07) is 20.3. The van der Waals surface area contributed by atoms with E-state index in [1.165, 1.54) is 10.8 Å². The highest BCUT2D eigenvalue weighted by Crippen LogP contribution is 2.28. The summed E-state index contributed by atoms with van der Waals surface area (Å²) < 4.78 is 5.39. The van der Waals surface area contributed by atoms with Crippen LogP contribution in [0.3, 0.4) is 0 Å². The molecule has 0 saturated carbocycles. The van der Waals surface area contributed by atoms with Gasteiger partial charge in [-0.25, -0.2) is 4.98 Å². The number of hydrogen-bond donors (Lipinski definition) is 3. The zero-order chi connectivity index (χ0) is 25.1. The minimum absolute atomic E-state index is 0.0421. The molecule has 6 heteroatoms. The van der Waals surface area contributed by atoms with Crippen molar-refractivity contribution in [1.82, 2.24) is 20.3 Å². The number of imidazole rings is 1. The normalized spacial score (nSPS) is 12.2. The Hall–Kier alpha value is -4.06. The molecule has 0 spiro atoms. The lowest BCUT2D eigenvalue weighted by Gasteiger charge is -2.17. The first-order chi connectivity index (χ1) is 17.6. The van der Waals surface area contributed by atoms with Crippen LogP contribution in [-0.2, 0) is 11.2 Å². The standard InChI is InChI=1S/C30H31N4O2/c1-4-5-10-27(30-31-18-28(34-30)22-12-11-20-8-6-7-9-21(20)15-22)33-29(35)17-24-19(2)32-26-14-13-23(36-3)16-25(24)26/h6-9,11-16,18,27,32H,1,4-5,10,17H2,2-3H3,(H,31,34)(H,33,35)/t27-/m0/s1. The maximum absolute atomic E-state index is 13.2. The number of methoxy groups -OCH3 is 1. The summed E-state index contributed by atoms with van der Waals surface area (Å²) in [5.41, 5.74) is 4.96. The molecule has 3 N–H and O–H groups in total. The molecule has 1 radical (unpaired) electrons. The van der Waals surface area contributed by atoms with Gasteiger partial charge in [-0.2, -0.15) is 0 Å². The quantitative estimate of drug-likeness (QED) is 0.228. The number of rotatable bonds is 9. The first-order valence-corrected chi connectivity index (χ1v) is 12.3. The molecule has 0 fully saturated rings. The molecule has 0 unspecified atom stereocenters. The van der Waals surface area contributed by atoms with Gasteiger partial charge >= 0.3 is 0 Å². The maximum atomic E-state index is 13.2. The monoisotopic (exact) mass is 479 g/mol. The molecule has 1 amide bonds. The van der Waals surface area contributed by atoms with Crippen LogP contribution in [0.4, 0.5) is 0 Å². The Bertz CT molecular complexity index is 1510. The average Bonchev–Trinajstić information content (AvgIpc) is 3.51. The molecule has 36 heavy (non-hydrogen) atoms. The largest absolute Gasteiger partial charge is 0.497 e. The molecule has 5 aromatic rings. The molecule has 0 saturated heterocycles. The number of benzene rings is 3. The molecule has 183 valence electrons. The zero-order valence-electron chi connectivity index (χ0n) is 20.7. The highest BCUT2D eigenvalue weighted by molar-refractivity contribution is 5.91. The number of H-pyrrole nitrogens is 2. The van der Waals surface area contributed by atoms with Gasteiger partial charge < -0.3 is 20.0 Å². The topological polar surface area (TPSA) is 82.8 Å². The van der Waals surface area contributed by atoms with Crippen molar-refractivity contribution >= 4 is 27.6 Å². The van der Waals surface area contributed by atoms with E-state index in [2.05, 4.69) is 57.5 Å². The van der Waals surface area contributed by atoms with E-state index in [0.717, 1.165) is 64.3 Å². The Morgan fingerprint density at radius 1 is 1.08 bits per heavy atom. The maximum Gasteiger partial charge on any atom is 0.225 e. The number of aryl methyl sites for hydroxylation is 1. The van der Waals surface area contributed by atoms with Gasteiger partial charge in [0.1, 0.15) is 11.6 Å². The van der Waals surface area contributed by atoms with Crippen molar-refractivity contribution in [3.05, 3.63) is 90.9 Å². The molecule has 2 heterocycles. The summed E-state index contributed by atoms with van der Waals surface area (Å²) in [4.78, 5) is 24.7. The number of nitrogens with one attached hydrogen (secondary N) is 3. The van der Waals surface area contributed by atoms with E-state index in [1.54, 1.807) is 7.11 Å². The lowest BCUT2D eigenvalue weighted by Crippen LogP contribution is -2.30. The minimum atomic E-state index is -0.214. The third-order valence-corrected chi connectivity index (χ3v) is 6.73. The smallest absolute Gasteiger partial charge is 0.225 e. The predicted molar refractivity (Wildman–Crippen MR) is 145 cm³/mol. The van der Waals surface area contributed by atoms with Crippen LogP contribution in [0.15, 0.2) is 66.9 Å². The molecule has 1 atom stereocenters. The van der Waals surface area contributed by atoms with Crippen LogP contribution in [-0.4, -0.2) is 28.0 Å². The fourth-order valence-electron chi connectivity index (χ4n) is 4.77. The van der Waals surface area contributed by atoms with Gasteiger partial charge in [0.25, 0.3) is 0 Å². The number of hydrogen-bond acceptors (Lipinski definition) is 3. The van der Waals surface area contributed by atoms with E-state index in [4.69, 9.17) is 4.74 Å². The molecule has 0 aliphatic carbocycles. The summed E-state index contributed by atoms with van der Waals surface area (Å²) in [5, 5.41) is 6.60. The number of nitrogens with zero attached hydrogens (tertiary/aromatic N) is 1. The Morgan fingerprint density at radius 3 is 2.72 bits per heavy atom. The van der Waals surface area contributed by atoms with Gasteiger partial charge in [-0.05, 0) is 53.9 Å². The van der Waals surface area contributed by atoms with Gasteiger partial charge in [-0.15, -0.1) is 0 Å². The van der Waals surface area contributed by atoms with Gasteiger partial charge in [-0.3, -0.25) is 4.79 Å². The molecular weight excluding hydrogens is 448 g/mol. The molecule has 0 bridgehead atoms. The van der Waals surface area contributed by atoms with Gasteiger partial charge in [0, 0.05) is 22.2 Å². The summed E-state index contributed by atoms with van der Waals surface area (Å²) in [5.74, 6) is 1.49. The summed E-state index contributed by atoms with van der Waals surface area (Å²) >= 11 is 0. The van der Waals surface area contributed by atoms with Crippen LogP contribution >= 0.6 is 0 Å². The molecule has 6 nitrogen and oxygen atoms in total. The van der Waals surface area contributed by atoms with Gasteiger partial charge in [0.15, 0.2) is 0 Å². The Balaban J connectivity index is 1.37. The van der Waals surface area contributed by atoms with Crippen LogP contribution in [0.5, 0.6) is 5.75 Å². The van der Waals surface area contributed by atoms with E-state index in [1.807, 2.05) is 43.5 Å². The SMILES string of the molecule is [CH2]CCC[C@H](NC(=O)Cc1c(C)[nH]c2ccc(OC)cc12)c1ncc(-c2ccc3ccccc3c2)[nH]1. The van der Waals surface area contributed by atoms with Gasteiger partial charge in [0.2, 0.25) is 5.91 Å². The van der Waals surface area contributed by atoms with E-state index in [9.17, 15) is 4.79 Å². The van der Waals surface area contributed by atoms with E-state index < -0.39 is 0 Å². The van der Waals surface area contributed by atoms with E-state index in [-0.39, 0.29) is 18.4 Å². The second-order valence-electron chi connectivity index (χ2n) is 9.18. The second kappa shape index (κ2) is 10.3. The highest BCUT2D eigenvalue weighted by atomic mass is 16.5. The third kappa shape index (κ3) is 4.85. The first-order valence-electron chi connectivity index (χ1n) is 12.3. The summed E-state index contributed by atoms with van der Waals surface area (Å²) in [6.45, 7) is 5.97. The lowest BCUT2D eigenvalue weighted by atomic mass is 10.1. The van der Waals surface area contributed by atoms with Crippen LogP contribution in [0.25, 0.3) is 32.9 Å². The zero-order valence-corrected chi connectivity index (χ0v) is 20.7. The van der Waals surface area contributed by atoms with Crippen molar-refractivity contribution in [2.75, 3.05) is 7.11 Å². The van der Waals surface area contributed by atoms with Crippen LogP contribution in [0, 0.1) is 13.8 Å². The van der Waals surface area contributed by atoms with Crippen molar-refractivity contribution in [3.63, 3.8) is 0 Å². The lowest BCUT2D eigenvalue weighted by molar-refractivity contribution is -0.121. The van der Waals surface area contributed by atoms with Crippen molar-refractivity contribution in [1.29, 1.82) is 0 Å². The second-order valence-corrected chi connectivity index (χ2v) is 9.18. The van der Waals surface area contributed by atoms with Crippen LogP contribution in [0.1, 0.15) is 42.4 Å². The Kier molecular flexibility index (Phi) is 6.76. The number of ether oxygens (including phenoxy) is 1. The van der Waals surface area contributed by atoms with Gasteiger partial charge in [-0.1, -0.05) is 56.2 Å². The highest BCUT2D eigenvalue weighted by Gasteiger charge is 2.20. The van der Waals surface area contributed by atoms with Crippen molar-refractivity contribution < 1.29 is 9.53 Å². The van der Waals surface area contributed by atoms with E-state index >= 15 is 0 Å². The third-order valence-electron chi connectivity index (χ3n) is 6.73. The fourth-order valence-corrected chi connectivity index (χ4v) is 4.77. The average molecular weight is 480 g/mol. The predicted octanol–water partition coefficient (Wildman–Crippen LogP) is 6.43. The summed E-state index contributed by atoms with van der Waals surface area (Å²) in [7, 11) is 1.65. The minimum Gasteiger partial charge on any atom is -0.497 e. The molecular formula is C30H31N4O2. The van der Waals surface area contributed by atoms with Crippen LogP contribution < -0.4 is 10.1 Å². The first kappa shape index (κ1) is 23.7. The Labute approximate surface area is 211 Å². The summed E-state index contributed by atoms with van der Waals surface area (Å²) in [6.07, 6.45) is 4.57. The molecule has 3 aromatic carbocycles. The molecule has 0 aliphatic heterocycles. The fraction of sp³-hybridized carbons (Fsp3) is 0.233. The number of unbranched alkanes of at least 4 members (excludes halogenated alkanes) is 1. The number of aromatic amines is 2. The molecule has 0 aliphatic rings.